The van der Waals surface area contributed by atoms with Crippen LogP contribution in [0.25, 0.3) is 5.69 Å². The molecule has 1 heterocycles. The molecule has 6 heteroatoms. The maximum Gasteiger partial charge on any atom is 0.287 e. The van der Waals surface area contributed by atoms with E-state index in [1.807, 2.05) is 26.0 Å². The second-order valence-corrected chi connectivity index (χ2v) is 7.64. The Kier molecular flexibility index (Phi) is 5.56. The zero-order valence-electron chi connectivity index (χ0n) is 15.3. The number of carbonyl (C=O) groups excluding carboxylic acids is 1. The molecule has 0 amide bonds. The normalized spacial score (nSPS) is 12.0. The summed E-state index contributed by atoms with van der Waals surface area (Å²) in [6.07, 6.45) is 3.02. The summed E-state index contributed by atoms with van der Waals surface area (Å²) in [6, 6.07) is 11.2. The summed E-state index contributed by atoms with van der Waals surface area (Å²) >= 11 is 1.13. The standard InChI is InChI=1S/C21H19FN2O2S/c1-13-4-5-16(12-14(13)2)19(25)15(3)27-20-21(26)24(11-10-23-20)18-8-6-17(22)7-9-18/h4-12,15H,1-3H3/t15-/m1/s1. The van der Waals surface area contributed by atoms with Crippen LogP contribution in [0, 0.1) is 19.7 Å². The van der Waals surface area contributed by atoms with Crippen molar-refractivity contribution < 1.29 is 9.18 Å². The van der Waals surface area contributed by atoms with Crippen molar-refractivity contribution in [2.75, 3.05) is 0 Å². The number of benzene rings is 2. The van der Waals surface area contributed by atoms with E-state index >= 15 is 0 Å². The van der Waals surface area contributed by atoms with Crippen LogP contribution in [-0.2, 0) is 0 Å². The molecule has 1 atom stereocenters. The zero-order valence-corrected chi connectivity index (χ0v) is 16.1. The van der Waals surface area contributed by atoms with Crippen molar-refractivity contribution in [2.45, 2.75) is 31.0 Å². The van der Waals surface area contributed by atoms with Gasteiger partial charge in [-0.05, 0) is 62.2 Å². The maximum absolute atomic E-state index is 13.1. The number of Topliss-reactive ketones (excluding diaryl/α,β-unsaturated/α-hetero) is 1. The van der Waals surface area contributed by atoms with Gasteiger partial charge in [0.1, 0.15) is 5.82 Å². The van der Waals surface area contributed by atoms with E-state index in [9.17, 15) is 14.0 Å². The third-order valence-electron chi connectivity index (χ3n) is 4.36. The fourth-order valence-corrected chi connectivity index (χ4v) is 3.53. The molecular formula is C21H19FN2O2S. The monoisotopic (exact) mass is 382 g/mol. The molecule has 0 N–H and O–H groups in total. The first-order valence-electron chi connectivity index (χ1n) is 8.48. The van der Waals surface area contributed by atoms with Crippen LogP contribution in [0.15, 0.2) is 64.7 Å². The Morgan fingerprint density at radius 2 is 1.81 bits per heavy atom. The lowest BCUT2D eigenvalue weighted by Gasteiger charge is -2.12. The SMILES string of the molecule is Cc1ccc(C(=O)[C@@H](C)Sc2nccn(-c3ccc(F)cc3)c2=O)cc1C. The number of aryl methyl sites for hydroxylation is 2. The first kappa shape index (κ1) is 19.0. The first-order valence-corrected chi connectivity index (χ1v) is 9.36. The minimum absolute atomic E-state index is 0.0542. The second kappa shape index (κ2) is 7.88. The van der Waals surface area contributed by atoms with Gasteiger partial charge in [0.05, 0.1) is 5.25 Å². The lowest BCUT2D eigenvalue weighted by atomic mass is 10.0. The number of nitrogens with zero attached hydrogens (tertiary/aromatic N) is 2. The molecule has 0 aliphatic rings. The second-order valence-electron chi connectivity index (χ2n) is 6.31. The number of carbonyl (C=O) groups is 1. The summed E-state index contributed by atoms with van der Waals surface area (Å²) in [5, 5.41) is -0.233. The van der Waals surface area contributed by atoms with Gasteiger partial charge in [0.25, 0.3) is 5.56 Å². The van der Waals surface area contributed by atoms with E-state index in [-0.39, 0.29) is 22.2 Å². The molecule has 0 spiro atoms. The van der Waals surface area contributed by atoms with E-state index in [0.29, 0.717) is 11.3 Å². The summed E-state index contributed by atoms with van der Waals surface area (Å²) in [4.78, 5) is 29.6. The van der Waals surface area contributed by atoms with Gasteiger partial charge in [0, 0.05) is 23.6 Å². The summed E-state index contributed by atoms with van der Waals surface area (Å²) in [7, 11) is 0. The lowest BCUT2D eigenvalue weighted by Crippen LogP contribution is -2.23. The van der Waals surface area contributed by atoms with Gasteiger partial charge in [-0.15, -0.1) is 0 Å². The van der Waals surface area contributed by atoms with Crippen molar-refractivity contribution in [3.63, 3.8) is 0 Å². The minimum atomic E-state index is -0.462. The highest BCUT2D eigenvalue weighted by molar-refractivity contribution is 8.00. The summed E-state index contributed by atoms with van der Waals surface area (Å²) in [6.45, 7) is 5.72. The Labute approximate surface area is 161 Å². The summed E-state index contributed by atoms with van der Waals surface area (Å²) < 4.78 is 14.5. The Bertz CT molecular complexity index is 1040. The molecule has 0 saturated heterocycles. The van der Waals surface area contributed by atoms with Crippen molar-refractivity contribution >= 4 is 17.5 Å². The van der Waals surface area contributed by atoms with Crippen LogP contribution in [0.4, 0.5) is 4.39 Å². The molecule has 27 heavy (non-hydrogen) atoms. The molecule has 0 fully saturated rings. The zero-order chi connectivity index (χ0) is 19.6. The average Bonchev–Trinajstić information content (AvgIpc) is 2.66. The number of rotatable bonds is 5. The number of hydrogen-bond acceptors (Lipinski definition) is 4. The van der Waals surface area contributed by atoms with E-state index in [2.05, 4.69) is 4.98 Å². The van der Waals surface area contributed by atoms with E-state index < -0.39 is 5.25 Å². The van der Waals surface area contributed by atoms with Gasteiger partial charge in [-0.3, -0.25) is 14.2 Å². The summed E-state index contributed by atoms with van der Waals surface area (Å²) in [5.74, 6) is -0.426. The number of ketones is 1. The van der Waals surface area contributed by atoms with Gasteiger partial charge in [-0.1, -0.05) is 23.9 Å². The molecule has 1 aromatic heterocycles. The molecule has 0 aliphatic carbocycles. The van der Waals surface area contributed by atoms with E-state index in [4.69, 9.17) is 0 Å². The molecule has 4 nitrogen and oxygen atoms in total. The first-order chi connectivity index (χ1) is 12.9. The van der Waals surface area contributed by atoms with Crippen LogP contribution in [0.3, 0.4) is 0 Å². The minimum Gasteiger partial charge on any atom is -0.293 e. The number of thioether (sulfide) groups is 1. The Morgan fingerprint density at radius 3 is 2.48 bits per heavy atom. The topological polar surface area (TPSA) is 52.0 Å². The van der Waals surface area contributed by atoms with Crippen LogP contribution in [-0.4, -0.2) is 20.6 Å². The van der Waals surface area contributed by atoms with Gasteiger partial charge >= 0.3 is 0 Å². The lowest BCUT2D eigenvalue weighted by molar-refractivity contribution is 0.0994. The van der Waals surface area contributed by atoms with Crippen LogP contribution < -0.4 is 5.56 Å². The van der Waals surface area contributed by atoms with Crippen LogP contribution in [0.2, 0.25) is 0 Å². The Morgan fingerprint density at radius 1 is 1.11 bits per heavy atom. The average molecular weight is 382 g/mol. The highest BCUT2D eigenvalue weighted by Crippen LogP contribution is 2.23. The number of hydrogen-bond donors (Lipinski definition) is 0. The molecule has 138 valence electrons. The molecule has 2 aromatic carbocycles. The van der Waals surface area contributed by atoms with Crippen LogP contribution in [0.1, 0.15) is 28.4 Å². The molecule has 0 aliphatic heterocycles. The Hall–Kier alpha value is -2.73. The van der Waals surface area contributed by atoms with Crippen LogP contribution >= 0.6 is 11.8 Å². The molecule has 0 bridgehead atoms. The molecule has 3 aromatic rings. The third-order valence-corrected chi connectivity index (χ3v) is 5.43. The van der Waals surface area contributed by atoms with Gasteiger partial charge in [-0.25, -0.2) is 9.37 Å². The number of halogens is 1. The van der Waals surface area contributed by atoms with Gasteiger partial charge in [-0.2, -0.15) is 0 Å². The van der Waals surface area contributed by atoms with Gasteiger partial charge in [0.15, 0.2) is 10.8 Å². The highest BCUT2D eigenvalue weighted by atomic mass is 32.2. The Balaban J connectivity index is 1.86. The van der Waals surface area contributed by atoms with Crippen LogP contribution in [0.5, 0.6) is 0 Å². The van der Waals surface area contributed by atoms with Crippen molar-refractivity contribution in [1.82, 2.24) is 9.55 Å². The van der Waals surface area contributed by atoms with E-state index in [0.717, 1.165) is 22.9 Å². The predicted octanol–water partition coefficient (Wildman–Crippen LogP) is 4.35. The van der Waals surface area contributed by atoms with E-state index in [1.54, 1.807) is 13.0 Å². The fourth-order valence-electron chi connectivity index (χ4n) is 2.63. The van der Waals surface area contributed by atoms with Crippen molar-refractivity contribution in [3.8, 4) is 5.69 Å². The molecule has 0 saturated carbocycles. The number of aromatic nitrogens is 2. The van der Waals surface area contributed by atoms with E-state index in [1.165, 1.54) is 41.2 Å². The van der Waals surface area contributed by atoms with Crippen molar-refractivity contribution in [1.29, 1.82) is 0 Å². The smallest absolute Gasteiger partial charge is 0.287 e. The van der Waals surface area contributed by atoms with Crippen molar-refractivity contribution in [2.24, 2.45) is 0 Å². The third kappa shape index (κ3) is 4.17. The molecule has 0 unspecified atom stereocenters. The molecular weight excluding hydrogens is 363 g/mol. The molecule has 3 rings (SSSR count). The quantitative estimate of drug-likeness (QED) is 0.486. The fraction of sp³-hybridized carbons (Fsp3) is 0.190. The highest BCUT2D eigenvalue weighted by Gasteiger charge is 2.20. The van der Waals surface area contributed by atoms with Gasteiger partial charge in [0.2, 0.25) is 0 Å². The van der Waals surface area contributed by atoms with Crippen molar-refractivity contribution in [3.05, 3.63) is 87.7 Å². The molecule has 0 radical (unpaired) electrons. The summed E-state index contributed by atoms with van der Waals surface area (Å²) in [5.41, 5.74) is 2.99. The van der Waals surface area contributed by atoms with Gasteiger partial charge < -0.3 is 0 Å². The largest absolute Gasteiger partial charge is 0.293 e. The predicted molar refractivity (Wildman–Crippen MR) is 105 cm³/mol. The maximum atomic E-state index is 13.1.